The number of hydrogen-bond donors (Lipinski definition) is 1. The second-order valence-electron chi connectivity index (χ2n) is 7.25. The van der Waals surface area contributed by atoms with Gasteiger partial charge in [-0.3, -0.25) is 9.69 Å². The van der Waals surface area contributed by atoms with E-state index in [9.17, 15) is 4.79 Å². The fraction of sp³-hybridized carbons (Fsp3) is 0.348. The number of amides is 1. The number of para-hydroxylation sites is 3. The van der Waals surface area contributed by atoms with Crippen LogP contribution in [0.3, 0.4) is 0 Å². The monoisotopic (exact) mass is 409 g/mol. The van der Waals surface area contributed by atoms with Crippen molar-refractivity contribution in [2.75, 3.05) is 58.4 Å². The number of fused-ring (bicyclic) bond motifs is 1. The third-order valence-electron chi connectivity index (χ3n) is 5.46. The van der Waals surface area contributed by atoms with Crippen LogP contribution in [0.25, 0.3) is 11.0 Å². The zero-order valence-electron chi connectivity index (χ0n) is 17.4. The normalized spacial score (nSPS) is 14.7. The Morgan fingerprint density at radius 1 is 1.00 bits per heavy atom. The van der Waals surface area contributed by atoms with E-state index in [0.29, 0.717) is 23.6 Å². The average molecular weight is 409 g/mol. The van der Waals surface area contributed by atoms with E-state index in [1.165, 1.54) is 0 Å². The van der Waals surface area contributed by atoms with E-state index in [4.69, 9.17) is 13.9 Å². The van der Waals surface area contributed by atoms with Gasteiger partial charge in [-0.05, 0) is 24.3 Å². The molecule has 2 aromatic carbocycles. The number of anilines is 1. The van der Waals surface area contributed by atoms with Crippen molar-refractivity contribution >= 4 is 22.6 Å². The smallest absolute Gasteiger partial charge is 0.287 e. The standard InChI is InChI=1S/C23H27N3O4/c1-28-19-8-4-3-7-18(19)26-14-12-25(13-15-26)11-10-24-23(27)21-16-17-6-5-9-20(29-2)22(17)30-21/h3-9,16H,10-15H2,1-2H3,(H,24,27). The summed E-state index contributed by atoms with van der Waals surface area (Å²) in [5, 5.41) is 3.81. The fourth-order valence-corrected chi connectivity index (χ4v) is 3.83. The molecule has 1 fully saturated rings. The van der Waals surface area contributed by atoms with Gasteiger partial charge in [-0.2, -0.15) is 0 Å². The molecule has 1 N–H and O–H groups in total. The number of nitrogens with one attached hydrogen (secondary N) is 1. The number of nitrogens with zero attached hydrogens (tertiary/aromatic N) is 2. The quantitative estimate of drug-likeness (QED) is 0.647. The third kappa shape index (κ3) is 4.21. The number of ether oxygens (including phenoxy) is 2. The summed E-state index contributed by atoms with van der Waals surface area (Å²) in [6.07, 6.45) is 0. The average Bonchev–Trinajstić information content (AvgIpc) is 3.24. The van der Waals surface area contributed by atoms with Gasteiger partial charge in [-0.1, -0.05) is 24.3 Å². The lowest BCUT2D eigenvalue weighted by atomic mass is 10.2. The molecule has 1 aliphatic rings. The summed E-state index contributed by atoms with van der Waals surface area (Å²) in [4.78, 5) is 17.2. The molecule has 0 bridgehead atoms. The van der Waals surface area contributed by atoms with Crippen molar-refractivity contribution in [2.45, 2.75) is 0 Å². The minimum absolute atomic E-state index is 0.207. The summed E-state index contributed by atoms with van der Waals surface area (Å²) in [5.74, 6) is 1.62. The molecule has 0 atom stereocenters. The number of piperazine rings is 1. The van der Waals surface area contributed by atoms with Gasteiger partial charge in [-0.25, -0.2) is 0 Å². The van der Waals surface area contributed by atoms with Crippen molar-refractivity contribution in [2.24, 2.45) is 0 Å². The first-order valence-corrected chi connectivity index (χ1v) is 10.1. The Balaban J connectivity index is 1.27. The van der Waals surface area contributed by atoms with Gasteiger partial charge in [0.25, 0.3) is 5.91 Å². The van der Waals surface area contributed by atoms with Crippen LogP contribution >= 0.6 is 0 Å². The van der Waals surface area contributed by atoms with E-state index < -0.39 is 0 Å². The number of furan rings is 1. The zero-order chi connectivity index (χ0) is 20.9. The Morgan fingerprint density at radius 2 is 1.73 bits per heavy atom. The van der Waals surface area contributed by atoms with Gasteiger partial charge in [0.05, 0.1) is 19.9 Å². The van der Waals surface area contributed by atoms with Gasteiger partial charge in [0.1, 0.15) is 5.75 Å². The maximum Gasteiger partial charge on any atom is 0.287 e. The van der Waals surface area contributed by atoms with Gasteiger partial charge in [0.2, 0.25) is 0 Å². The van der Waals surface area contributed by atoms with E-state index >= 15 is 0 Å². The van der Waals surface area contributed by atoms with Gasteiger partial charge in [0, 0.05) is 44.7 Å². The third-order valence-corrected chi connectivity index (χ3v) is 5.46. The summed E-state index contributed by atoms with van der Waals surface area (Å²) in [7, 11) is 3.29. The van der Waals surface area contributed by atoms with E-state index in [1.54, 1.807) is 20.3 Å². The van der Waals surface area contributed by atoms with E-state index in [1.807, 2.05) is 36.4 Å². The number of carbonyl (C=O) groups excluding carboxylic acids is 1. The van der Waals surface area contributed by atoms with E-state index in [0.717, 1.165) is 49.5 Å². The fourth-order valence-electron chi connectivity index (χ4n) is 3.83. The van der Waals surface area contributed by atoms with Crippen molar-refractivity contribution < 1.29 is 18.7 Å². The summed E-state index contributed by atoms with van der Waals surface area (Å²) in [6.45, 7) is 5.11. The Labute approximate surface area is 176 Å². The molecule has 3 aromatic rings. The number of benzene rings is 2. The molecule has 0 unspecified atom stereocenters. The predicted molar refractivity (Wildman–Crippen MR) is 117 cm³/mol. The lowest BCUT2D eigenvalue weighted by Gasteiger charge is -2.36. The Hall–Kier alpha value is -3.19. The van der Waals surface area contributed by atoms with Crippen LogP contribution in [0.15, 0.2) is 52.9 Å². The minimum Gasteiger partial charge on any atom is -0.495 e. The molecule has 1 aliphatic heterocycles. The lowest BCUT2D eigenvalue weighted by molar-refractivity contribution is 0.0922. The van der Waals surface area contributed by atoms with Crippen LogP contribution in [-0.4, -0.2) is 64.3 Å². The molecule has 7 heteroatoms. The summed E-state index contributed by atoms with van der Waals surface area (Å²) in [5.41, 5.74) is 1.73. The first kappa shape index (κ1) is 20.1. The molecule has 1 amide bonds. The maximum atomic E-state index is 12.5. The first-order valence-electron chi connectivity index (χ1n) is 10.1. The van der Waals surface area contributed by atoms with Crippen molar-refractivity contribution in [1.29, 1.82) is 0 Å². The van der Waals surface area contributed by atoms with Gasteiger partial charge < -0.3 is 24.1 Å². The highest BCUT2D eigenvalue weighted by molar-refractivity contribution is 5.97. The van der Waals surface area contributed by atoms with Crippen LogP contribution in [0.2, 0.25) is 0 Å². The SMILES string of the molecule is COc1ccccc1N1CCN(CCNC(=O)c2cc3cccc(OC)c3o2)CC1. The molecule has 0 spiro atoms. The molecule has 2 heterocycles. The second kappa shape index (κ2) is 9.09. The maximum absolute atomic E-state index is 12.5. The molecule has 1 aromatic heterocycles. The number of carbonyl (C=O) groups is 1. The minimum atomic E-state index is -0.207. The lowest BCUT2D eigenvalue weighted by Crippen LogP contribution is -2.48. The Kier molecular flexibility index (Phi) is 6.09. The van der Waals surface area contributed by atoms with Crippen molar-refractivity contribution in [3.63, 3.8) is 0 Å². The first-order chi connectivity index (χ1) is 14.7. The second-order valence-corrected chi connectivity index (χ2v) is 7.25. The van der Waals surface area contributed by atoms with Crippen molar-refractivity contribution in [1.82, 2.24) is 10.2 Å². The van der Waals surface area contributed by atoms with Crippen LogP contribution in [0.1, 0.15) is 10.6 Å². The van der Waals surface area contributed by atoms with Crippen LogP contribution in [0.4, 0.5) is 5.69 Å². The molecular formula is C23H27N3O4. The summed E-state index contributed by atoms with van der Waals surface area (Å²) in [6, 6.07) is 15.5. The van der Waals surface area contributed by atoms with Crippen LogP contribution in [0.5, 0.6) is 11.5 Å². The zero-order valence-corrected chi connectivity index (χ0v) is 17.4. The molecule has 158 valence electrons. The highest BCUT2D eigenvalue weighted by atomic mass is 16.5. The molecule has 0 saturated carbocycles. The molecular weight excluding hydrogens is 382 g/mol. The van der Waals surface area contributed by atoms with Crippen LogP contribution in [-0.2, 0) is 0 Å². The predicted octanol–water partition coefficient (Wildman–Crippen LogP) is 3.00. The van der Waals surface area contributed by atoms with Crippen LogP contribution < -0.4 is 19.7 Å². The molecule has 7 nitrogen and oxygen atoms in total. The van der Waals surface area contributed by atoms with Crippen molar-refractivity contribution in [3.8, 4) is 11.5 Å². The topological polar surface area (TPSA) is 67.2 Å². The molecule has 30 heavy (non-hydrogen) atoms. The summed E-state index contributed by atoms with van der Waals surface area (Å²) >= 11 is 0. The van der Waals surface area contributed by atoms with E-state index in [-0.39, 0.29) is 5.91 Å². The van der Waals surface area contributed by atoms with Gasteiger partial charge >= 0.3 is 0 Å². The summed E-state index contributed by atoms with van der Waals surface area (Å²) < 4.78 is 16.5. The van der Waals surface area contributed by atoms with Gasteiger partial charge in [-0.15, -0.1) is 0 Å². The highest BCUT2D eigenvalue weighted by Gasteiger charge is 2.20. The Morgan fingerprint density at radius 3 is 2.50 bits per heavy atom. The largest absolute Gasteiger partial charge is 0.495 e. The Bertz CT molecular complexity index is 1010. The molecule has 0 aliphatic carbocycles. The number of rotatable bonds is 7. The highest BCUT2D eigenvalue weighted by Crippen LogP contribution is 2.29. The molecule has 1 saturated heterocycles. The molecule has 0 radical (unpaired) electrons. The molecule has 4 rings (SSSR count). The van der Waals surface area contributed by atoms with E-state index in [2.05, 4.69) is 21.2 Å². The van der Waals surface area contributed by atoms with Gasteiger partial charge in [0.15, 0.2) is 17.1 Å². The number of methoxy groups -OCH3 is 2. The van der Waals surface area contributed by atoms with Crippen molar-refractivity contribution in [3.05, 3.63) is 54.3 Å². The van der Waals surface area contributed by atoms with Crippen LogP contribution in [0, 0.1) is 0 Å². The number of hydrogen-bond acceptors (Lipinski definition) is 6.